The number of hydrogen-bond acceptors (Lipinski definition) is 11. The number of rotatable bonds is 6. The van der Waals surface area contributed by atoms with Gasteiger partial charge in [-0.1, -0.05) is 26.8 Å². The van der Waals surface area contributed by atoms with Crippen molar-refractivity contribution < 1.29 is 25.9 Å². The van der Waals surface area contributed by atoms with E-state index < -0.39 is 41.1 Å². The Balaban J connectivity index is 1.97. The van der Waals surface area contributed by atoms with E-state index in [1.54, 1.807) is 39.0 Å². The van der Waals surface area contributed by atoms with Crippen LogP contribution in [0.25, 0.3) is 11.5 Å². The lowest BCUT2D eigenvalue weighted by Crippen LogP contribution is -2.14. The van der Waals surface area contributed by atoms with Crippen molar-refractivity contribution in [1.82, 2.24) is 24.5 Å². The molecule has 0 aliphatic carbocycles. The van der Waals surface area contributed by atoms with Crippen LogP contribution in [-0.4, -0.2) is 50.5 Å². The molecule has 0 aliphatic rings. The van der Waals surface area contributed by atoms with Crippen LogP contribution in [0.5, 0.6) is 0 Å². The van der Waals surface area contributed by atoms with E-state index in [0.717, 1.165) is 22.9 Å². The van der Waals surface area contributed by atoms with Gasteiger partial charge in [-0.05, 0) is 30.3 Å². The van der Waals surface area contributed by atoms with Gasteiger partial charge < -0.3 is 5.73 Å². The first-order valence-corrected chi connectivity index (χ1v) is 13.8. The number of nitrogens with zero attached hydrogens (tertiary/aromatic N) is 8. The molecule has 3 heterocycles. The summed E-state index contributed by atoms with van der Waals surface area (Å²) in [6.07, 6.45) is 2.80. The second kappa shape index (κ2) is 9.67. The molecule has 4 rings (SSSR count). The van der Waals surface area contributed by atoms with Crippen LogP contribution >= 0.6 is 0 Å². The van der Waals surface area contributed by atoms with Crippen LogP contribution in [0.3, 0.4) is 0 Å². The number of azo groups is 1. The highest BCUT2D eigenvalue weighted by Gasteiger charge is 2.30. The quantitative estimate of drug-likeness (QED) is 0.225. The molecule has 0 saturated heterocycles. The molecule has 0 fully saturated rings. The van der Waals surface area contributed by atoms with E-state index in [2.05, 4.69) is 25.4 Å². The van der Waals surface area contributed by atoms with Crippen molar-refractivity contribution in [1.29, 1.82) is 5.26 Å². The Bertz CT molecular complexity index is 1860. The SMILES string of the molecule is CC(C)(C)c1nn(-c2cc(S(=O)(=O)O)ccc2S(=O)(=O)O)c(N)c1/N=N/c1c(C#N)cnn1-c1ccccn1. The Morgan fingerprint density at radius 3 is 2.31 bits per heavy atom. The number of pyridine rings is 1. The summed E-state index contributed by atoms with van der Waals surface area (Å²) in [7, 11) is -9.66. The van der Waals surface area contributed by atoms with Gasteiger partial charge in [-0.15, -0.1) is 10.2 Å². The summed E-state index contributed by atoms with van der Waals surface area (Å²) < 4.78 is 69.1. The molecule has 0 bridgehead atoms. The van der Waals surface area contributed by atoms with E-state index in [9.17, 15) is 31.2 Å². The third kappa shape index (κ3) is 5.39. The van der Waals surface area contributed by atoms with Crippen LogP contribution in [0.2, 0.25) is 0 Å². The maximum Gasteiger partial charge on any atom is 0.296 e. The van der Waals surface area contributed by atoms with Gasteiger partial charge in [-0.2, -0.15) is 37.0 Å². The number of nitriles is 1. The Hall–Kier alpha value is -4.50. The molecule has 0 spiro atoms. The minimum absolute atomic E-state index is 0.0233. The molecule has 0 unspecified atom stereocenters. The van der Waals surface area contributed by atoms with Crippen molar-refractivity contribution in [2.45, 2.75) is 36.0 Å². The minimum atomic E-state index is -4.89. The molecule has 0 radical (unpaired) electrons. The van der Waals surface area contributed by atoms with Crippen molar-refractivity contribution in [2.75, 3.05) is 5.73 Å². The summed E-state index contributed by atoms with van der Waals surface area (Å²) >= 11 is 0. The van der Waals surface area contributed by atoms with Crippen LogP contribution < -0.4 is 5.73 Å². The summed E-state index contributed by atoms with van der Waals surface area (Å²) in [6, 6.07) is 9.39. The summed E-state index contributed by atoms with van der Waals surface area (Å²) in [5.74, 6) is 0.103. The first kappa shape index (κ1) is 27.5. The number of nitrogen functional groups attached to an aromatic ring is 1. The number of nitrogens with two attached hydrogens (primary N) is 1. The fourth-order valence-electron chi connectivity index (χ4n) is 3.51. The fraction of sp³-hybridized carbons (Fsp3) is 0.182. The fourth-order valence-corrected chi connectivity index (χ4v) is 4.66. The van der Waals surface area contributed by atoms with Gasteiger partial charge in [-0.25, -0.2) is 9.67 Å². The molecule has 1 aromatic carbocycles. The van der Waals surface area contributed by atoms with E-state index in [-0.39, 0.29) is 28.6 Å². The van der Waals surface area contributed by atoms with Gasteiger partial charge in [0, 0.05) is 11.6 Å². The normalized spacial score (nSPS) is 12.6. The van der Waals surface area contributed by atoms with Crippen molar-refractivity contribution >= 4 is 37.6 Å². The predicted molar refractivity (Wildman–Crippen MR) is 137 cm³/mol. The Kier molecular flexibility index (Phi) is 6.82. The van der Waals surface area contributed by atoms with Crippen molar-refractivity contribution in [3.63, 3.8) is 0 Å². The smallest absolute Gasteiger partial charge is 0.296 e. The highest BCUT2D eigenvalue weighted by Crippen LogP contribution is 2.39. The zero-order valence-electron chi connectivity index (χ0n) is 20.6. The van der Waals surface area contributed by atoms with Crippen molar-refractivity contribution in [3.8, 4) is 17.6 Å². The molecule has 17 heteroatoms. The van der Waals surface area contributed by atoms with Crippen LogP contribution in [0, 0.1) is 11.3 Å². The second-order valence-corrected chi connectivity index (χ2v) is 11.9. The van der Waals surface area contributed by atoms with Gasteiger partial charge in [0.1, 0.15) is 16.5 Å². The van der Waals surface area contributed by atoms with Gasteiger partial charge in [0.15, 0.2) is 23.1 Å². The van der Waals surface area contributed by atoms with Crippen LogP contribution in [0.1, 0.15) is 32.0 Å². The third-order valence-corrected chi connectivity index (χ3v) is 7.07. The van der Waals surface area contributed by atoms with E-state index >= 15 is 0 Å². The standard InChI is InChI=1S/C22H21N9O6S2/c1-22(2,3)19-18(27-28-21-13(11-23)12-26-31(21)17-6-4-5-9-25-17)20(24)30(29-19)15-10-14(38(32,33)34)7-8-16(15)39(35,36)37/h4-10,12H,24H2,1-3H3,(H,32,33,34)(H,35,36,37)/b28-27+. The molecule has 0 amide bonds. The molecule has 0 saturated carbocycles. The van der Waals surface area contributed by atoms with Gasteiger partial charge in [-0.3, -0.25) is 9.11 Å². The van der Waals surface area contributed by atoms with Crippen LogP contribution in [0.4, 0.5) is 17.3 Å². The number of anilines is 1. The predicted octanol–water partition coefficient (Wildman–Crippen LogP) is 3.11. The first-order chi connectivity index (χ1) is 18.1. The van der Waals surface area contributed by atoms with E-state index in [0.29, 0.717) is 5.82 Å². The minimum Gasteiger partial charge on any atom is -0.382 e. The lowest BCUT2D eigenvalue weighted by Gasteiger charge is -2.15. The average Bonchev–Trinajstić information content (AvgIpc) is 3.42. The maximum absolute atomic E-state index is 12.1. The molecule has 15 nitrogen and oxygen atoms in total. The summed E-state index contributed by atoms with van der Waals surface area (Å²) in [6.45, 7) is 5.28. The monoisotopic (exact) mass is 571 g/mol. The Labute approximate surface area is 222 Å². The summed E-state index contributed by atoms with van der Waals surface area (Å²) in [5.41, 5.74) is 5.35. The van der Waals surface area contributed by atoms with Gasteiger partial charge in [0.2, 0.25) is 0 Å². The van der Waals surface area contributed by atoms with Gasteiger partial charge in [0.05, 0.1) is 22.5 Å². The van der Waals surface area contributed by atoms with Gasteiger partial charge >= 0.3 is 0 Å². The van der Waals surface area contributed by atoms with Crippen molar-refractivity contribution in [3.05, 3.63) is 60.0 Å². The highest BCUT2D eigenvalue weighted by atomic mass is 32.2. The number of aromatic nitrogens is 5. The molecular formula is C22H21N9O6S2. The molecule has 0 atom stereocenters. The highest BCUT2D eigenvalue weighted by molar-refractivity contribution is 7.86. The third-order valence-electron chi connectivity index (χ3n) is 5.32. The summed E-state index contributed by atoms with van der Waals surface area (Å²) in [5, 5.41) is 26.4. The molecule has 0 aliphatic heterocycles. The Morgan fingerprint density at radius 2 is 1.74 bits per heavy atom. The number of hydrogen-bond donors (Lipinski definition) is 3. The average molecular weight is 572 g/mol. The molecule has 39 heavy (non-hydrogen) atoms. The molecule has 4 N–H and O–H groups in total. The second-order valence-electron chi connectivity index (χ2n) is 9.12. The topological polar surface area (TPSA) is 232 Å². The lowest BCUT2D eigenvalue weighted by molar-refractivity contribution is 0.477. The summed E-state index contributed by atoms with van der Waals surface area (Å²) in [4.78, 5) is 2.79. The first-order valence-electron chi connectivity index (χ1n) is 10.9. The van der Waals surface area contributed by atoms with Gasteiger partial charge in [0.25, 0.3) is 20.2 Å². The largest absolute Gasteiger partial charge is 0.382 e. The molecular weight excluding hydrogens is 550 g/mol. The zero-order valence-corrected chi connectivity index (χ0v) is 22.3. The Morgan fingerprint density at radius 1 is 1.03 bits per heavy atom. The zero-order chi connectivity index (χ0) is 28.8. The van der Waals surface area contributed by atoms with Crippen LogP contribution in [-0.2, 0) is 25.7 Å². The molecule has 4 aromatic rings. The van der Waals surface area contributed by atoms with Crippen molar-refractivity contribution in [2.24, 2.45) is 10.2 Å². The van der Waals surface area contributed by atoms with E-state index in [1.807, 2.05) is 6.07 Å². The maximum atomic E-state index is 12.1. The van der Waals surface area contributed by atoms with E-state index in [1.165, 1.54) is 17.1 Å². The molecule has 3 aromatic heterocycles. The van der Waals surface area contributed by atoms with Crippen LogP contribution in [0.15, 0.2) is 68.8 Å². The van der Waals surface area contributed by atoms with E-state index in [4.69, 9.17) is 5.73 Å². The lowest BCUT2D eigenvalue weighted by atomic mass is 9.91. The molecule has 202 valence electrons. The number of benzene rings is 1.